The van der Waals surface area contributed by atoms with Crippen molar-refractivity contribution in [1.82, 2.24) is 5.32 Å². The van der Waals surface area contributed by atoms with Crippen molar-refractivity contribution in [3.8, 4) is 0 Å². The van der Waals surface area contributed by atoms with Crippen molar-refractivity contribution in [1.29, 1.82) is 0 Å². The molecule has 0 aliphatic heterocycles. The number of ether oxygens (including phenoxy) is 1. The van der Waals surface area contributed by atoms with E-state index >= 15 is 0 Å². The van der Waals surface area contributed by atoms with Crippen molar-refractivity contribution >= 4 is 11.6 Å². The molecule has 0 unspecified atom stereocenters. The van der Waals surface area contributed by atoms with Crippen LogP contribution >= 0.6 is 0 Å². The Morgan fingerprint density at radius 2 is 1.76 bits per heavy atom. The molecule has 21 heavy (non-hydrogen) atoms. The number of methoxy groups -OCH3 is 1. The highest BCUT2D eigenvalue weighted by Crippen LogP contribution is 2.38. The first kappa shape index (κ1) is 17.2. The van der Waals surface area contributed by atoms with Gasteiger partial charge in [-0.2, -0.15) is 0 Å². The first-order valence-electron chi connectivity index (χ1n) is 7.16. The zero-order valence-electron chi connectivity index (χ0n) is 14.0. The Labute approximate surface area is 126 Å². The van der Waals surface area contributed by atoms with Gasteiger partial charge in [0.15, 0.2) is 11.5 Å². The Morgan fingerprint density at radius 1 is 1.19 bits per heavy atom. The van der Waals surface area contributed by atoms with Crippen LogP contribution in [0.25, 0.3) is 0 Å². The Morgan fingerprint density at radius 3 is 2.24 bits per heavy atom. The lowest BCUT2D eigenvalue weighted by atomic mass is 9.73. The lowest BCUT2D eigenvalue weighted by Gasteiger charge is -2.30. The van der Waals surface area contributed by atoms with Gasteiger partial charge in [-0.1, -0.05) is 19.9 Å². The molecule has 0 fully saturated rings. The zero-order chi connectivity index (χ0) is 16.4. The number of carbonyl (C=O) groups excluding carboxylic acids is 2. The molecule has 0 saturated carbocycles. The molecule has 0 amide bonds. The maximum Gasteiger partial charge on any atom is 0.224 e. The summed E-state index contributed by atoms with van der Waals surface area (Å²) < 4.78 is 5.08. The van der Waals surface area contributed by atoms with Crippen molar-refractivity contribution in [2.45, 2.75) is 41.5 Å². The van der Waals surface area contributed by atoms with Crippen LogP contribution in [0.3, 0.4) is 0 Å². The fraction of sp³-hybridized carbons (Fsp3) is 0.529. The van der Waals surface area contributed by atoms with Crippen molar-refractivity contribution in [3.05, 3.63) is 34.3 Å². The van der Waals surface area contributed by atoms with E-state index in [1.165, 1.54) is 7.11 Å². The van der Waals surface area contributed by atoms with E-state index < -0.39 is 5.41 Å². The smallest absolute Gasteiger partial charge is 0.224 e. The van der Waals surface area contributed by atoms with E-state index in [4.69, 9.17) is 4.74 Å². The van der Waals surface area contributed by atoms with Gasteiger partial charge in [-0.3, -0.25) is 9.59 Å². The first-order valence-corrected chi connectivity index (χ1v) is 7.16. The summed E-state index contributed by atoms with van der Waals surface area (Å²) in [6, 6.07) is 0. The van der Waals surface area contributed by atoms with Gasteiger partial charge in [0.1, 0.15) is 0 Å². The minimum Gasteiger partial charge on any atom is -0.492 e. The van der Waals surface area contributed by atoms with Crippen LogP contribution in [0, 0.1) is 5.41 Å². The predicted octanol–water partition coefficient (Wildman–Crippen LogP) is 2.91. The molecule has 1 rings (SSSR count). The molecule has 0 aromatic rings. The molecule has 116 valence electrons. The van der Waals surface area contributed by atoms with Gasteiger partial charge in [0.05, 0.1) is 7.11 Å². The van der Waals surface area contributed by atoms with E-state index in [0.717, 1.165) is 12.2 Å². The van der Waals surface area contributed by atoms with Crippen LogP contribution in [0.15, 0.2) is 34.3 Å². The summed E-state index contributed by atoms with van der Waals surface area (Å²) in [7, 11) is 1.42. The lowest BCUT2D eigenvalue weighted by Crippen LogP contribution is -2.30. The number of carbonyl (C=O) groups is 2. The van der Waals surface area contributed by atoms with Gasteiger partial charge in [0.2, 0.25) is 5.78 Å². The number of hydrogen-bond acceptors (Lipinski definition) is 4. The molecule has 0 radical (unpaired) electrons. The van der Waals surface area contributed by atoms with Crippen LogP contribution in [0.2, 0.25) is 0 Å². The molecular formula is C17H25NO3. The quantitative estimate of drug-likeness (QED) is 0.791. The van der Waals surface area contributed by atoms with E-state index in [2.05, 4.69) is 5.32 Å². The lowest BCUT2D eigenvalue weighted by molar-refractivity contribution is -0.119. The summed E-state index contributed by atoms with van der Waals surface area (Å²) in [5.74, 6) is -0.161. The van der Waals surface area contributed by atoms with Crippen LogP contribution in [0.1, 0.15) is 41.5 Å². The average Bonchev–Trinajstić information content (AvgIpc) is 2.36. The molecule has 0 spiro atoms. The van der Waals surface area contributed by atoms with E-state index in [0.29, 0.717) is 16.7 Å². The number of hydrogen-bond donors (Lipinski definition) is 1. The zero-order valence-corrected chi connectivity index (χ0v) is 14.0. The Kier molecular flexibility index (Phi) is 5.15. The van der Waals surface area contributed by atoms with Gasteiger partial charge in [0, 0.05) is 34.4 Å². The standard InChI is InChI=1S/C17H25NO3/c1-8-18-10(2)9-17(5,6)13-11(3)15(20)16(21-7)12(4)14(13)19/h9,18H,8H2,1-7H3/b10-9+. The highest BCUT2D eigenvalue weighted by atomic mass is 16.5. The minimum absolute atomic E-state index is 0.116. The van der Waals surface area contributed by atoms with E-state index in [-0.39, 0.29) is 17.3 Å². The summed E-state index contributed by atoms with van der Waals surface area (Å²) in [6.07, 6.45) is 1.99. The van der Waals surface area contributed by atoms with Gasteiger partial charge in [-0.15, -0.1) is 0 Å². The van der Waals surface area contributed by atoms with Gasteiger partial charge in [-0.25, -0.2) is 0 Å². The minimum atomic E-state index is -0.524. The molecule has 0 aromatic carbocycles. The molecule has 0 saturated heterocycles. The van der Waals surface area contributed by atoms with E-state index in [9.17, 15) is 9.59 Å². The largest absolute Gasteiger partial charge is 0.492 e. The second-order valence-electron chi connectivity index (χ2n) is 5.90. The summed E-state index contributed by atoms with van der Waals surface area (Å²) in [6.45, 7) is 12.0. The fourth-order valence-corrected chi connectivity index (χ4v) is 2.88. The molecule has 1 aliphatic rings. The molecule has 1 N–H and O–H groups in total. The van der Waals surface area contributed by atoms with Crippen LogP contribution in [0.5, 0.6) is 0 Å². The highest BCUT2D eigenvalue weighted by molar-refractivity contribution is 6.24. The third-order valence-corrected chi connectivity index (χ3v) is 3.71. The van der Waals surface area contributed by atoms with Crippen molar-refractivity contribution in [2.75, 3.05) is 13.7 Å². The van der Waals surface area contributed by atoms with Gasteiger partial charge in [-0.05, 0) is 27.7 Å². The Balaban J connectivity index is 3.36. The second-order valence-corrected chi connectivity index (χ2v) is 5.90. The van der Waals surface area contributed by atoms with Gasteiger partial charge in [0.25, 0.3) is 0 Å². The van der Waals surface area contributed by atoms with Gasteiger partial charge >= 0.3 is 0 Å². The summed E-state index contributed by atoms with van der Waals surface area (Å²) in [5, 5.41) is 3.22. The van der Waals surface area contributed by atoms with E-state index in [1.54, 1.807) is 13.8 Å². The maximum absolute atomic E-state index is 12.6. The molecule has 0 bridgehead atoms. The van der Waals surface area contributed by atoms with Crippen LogP contribution < -0.4 is 5.32 Å². The normalized spacial score (nSPS) is 17.6. The first-order chi connectivity index (χ1) is 9.67. The van der Waals surface area contributed by atoms with Crippen molar-refractivity contribution < 1.29 is 14.3 Å². The summed E-state index contributed by atoms with van der Waals surface area (Å²) in [4.78, 5) is 25.0. The topological polar surface area (TPSA) is 55.4 Å². The fourth-order valence-electron chi connectivity index (χ4n) is 2.88. The Hall–Kier alpha value is -1.84. The van der Waals surface area contributed by atoms with Crippen molar-refractivity contribution in [3.63, 3.8) is 0 Å². The number of nitrogens with one attached hydrogen (secondary N) is 1. The SMILES string of the molecule is CCN/C(C)=C/C(C)(C)C1=C(C)C(=O)C(OC)=C(C)C1=O. The molecule has 1 aliphatic carbocycles. The third kappa shape index (κ3) is 3.26. The number of ketones is 2. The van der Waals surface area contributed by atoms with E-state index in [1.807, 2.05) is 33.8 Å². The average molecular weight is 291 g/mol. The molecule has 0 atom stereocenters. The number of allylic oxidation sites excluding steroid dienone is 5. The maximum atomic E-state index is 12.6. The molecule has 0 heterocycles. The third-order valence-electron chi connectivity index (χ3n) is 3.71. The molecule has 4 heteroatoms. The van der Waals surface area contributed by atoms with Crippen LogP contribution in [0.4, 0.5) is 0 Å². The Bertz CT molecular complexity index is 563. The second kappa shape index (κ2) is 6.29. The number of rotatable bonds is 5. The highest BCUT2D eigenvalue weighted by Gasteiger charge is 2.37. The molecular weight excluding hydrogens is 266 g/mol. The molecule has 4 nitrogen and oxygen atoms in total. The monoisotopic (exact) mass is 291 g/mol. The summed E-state index contributed by atoms with van der Waals surface area (Å²) >= 11 is 0. The van der Waals surface area contributed by atoms with Gasteiger partial charge < -0.3 is 10.1 Å². The number of Topliss-reactive ketones (excluding diaryl/α,β-unsaturated/α-hetero) is 2. The van der Waals surface area contributed by atoms with Crippen LogP contribution in [-0.2, 0) is 14.3 Å². The summed E-state index contributed by atoms with van der Waals surface area (Å²) in [5.41, 5.74) is 1.85. The predicted molar refractivity (Wildman–Crippen MR) is 83.6 cm³/mol. The van der Waals surface area contributed by atoms with Crippen molar-refractivity contribution in [2.24, 2.45) is 5.41 Å². The molecule has 0 aromatic heterocycles. The van der Waals surface area contributed by atoms with Crippen LogP contribution in [-0.4, -0.2) is 25.2 Å².